The molecule has 0 aliphatic carbocycles. The number of carbonyl (C=O) groups is 2. The summed E-state index contributed by atoms with van der Waals surface area (Å²) >= 11 is 0. The van der Waals surface area contributed by atoms with Crippen LogP contribution in [0.3, 0.4) is 0 Å². The molecule has 1 saturated heterocycles. The number of piperidine rings is 1. The summed E-state index contributed by atoms with van der Waals surface area (Å²) in [6.07, 6.45) is 2.85. The minimum absolute atomic E-state index is 0.0457. The molecule has 0 spiro atoms. The first-order chi connectivity index (χ1) is 12.7. The average molecular weight is 397 g/mol. The molecule has 0 radical (unpaired) electrons. The van der Waals surface area contributed by atoms with Crippen LogP contribution in [0, 0.1) is 5.92 Å². The van der Waals surface area contributed by atoms with Crippen molar-refractivity contribution in [1.82, 2.24) is 9.21 Å². The number of sulfonamides is 1. The lowest BCUT2D eigenvalue weighted by molar-refractivity contribution is -0.144. The molecule has 8 heteroatoms. The molecule has 0 atom stereocenters. The molecule has 1 aromatic carbocycles. The van der Waals surface area contributed by atoms with Gasteiger partial charge < -0.3 is 10.0 Å². The van der Waals surface area contributed by atoms with Gasteiger partial charge in [-0.15, -0.1) is 0 Å². The Kier molecular flexibility index (Phi) is 7.38. The summed E-state index contributed by atoms with van der Waals surface area (Å²) in [7, 11) is -3.50. The van der Waals surface area contributed by atoms with Gasteiger partial charge in [-0.25, -0.2) is 8.42 Å². The topological polar surface area (TPSA) is 95.0 Å². The molecule has 1 aliphatic rings. The van der Waals surface area contributed by atoms with Crippen molar-refractivity contribution in [2.45, 2.75) is 44.4 Å². The Balaban J connectivity index is 2.07. The molecule has 150 valence electrons. The molecule has 1 amide bonds. The third kappa shape index (κ3) is 6.04. The molecule has 0 bridgehead atoms. The number of nitrogens with zero attached hydrogens (tertiary/aromatic N) is 2. The maximum absolute atomic E-state index is 12.7. The number of benzene rings is 1. The highest BCUT2D eigenvalue weighted by Crippen LogP contribution is 2.21. The second-order valence-corrected chi connectivity index (χ2v) is 9.29. The quantitative estimate of drug-likeness (QED) is 0.725. The molecule has 1 fully saturated rings. The van der Waals surface area contributed by atoms with E-state index in [4.69, 9.17) is 5.11 Å². The summed E-state index contributed by atoms with van der Waals surface area (Å²) in [5, 5.41) is 9.00. The fraction of sp³-hybridized carbons (Fsp3) is 0.579. The van der Waals surface area contributed by atoms with Crippen LogP contribution in [0.5, 0.6) is 0 Å². The van der Waals surface area contributed by atoms with Gasteiger partial charge in [-0.3, -0.25) is 9.59 Å². The van der Waals surface area contributed by atoms with Gasteiger partial charge in [0.15, 0.2) is 0 Å². The van der Waals surface area contributed by atoms with Crippen LogP contribution in [0.25, 0.3) is 0 Å². The van der Waals surface area contributed by atoms with Gasteiger partial charge in [-0.05, 0) is 36.5 Å². The first-order valence-corrected chi connectivity index (χ1v) is 10.7. The van der Waals surface area contributed by atoms with Crippen LogP contribution in [0.15, 0.2) is 29.2 Å². The van der Waals surface area contributed by atoms with Crippen LogP contribution in [-0.2, 0) is 26.0 Å². The Morgan fingerprint density at radius 1 is 1.11 bits per heavy atom. The lowest BCUT2D eigenvalue weighted by Crippen LogP contribution is -2.39. The smallest absolute Gasteiger partial charge is 0.323 e. The highest BCUT2D eigenvalue weighted by molar-refractivity contribution is 7.89. The molecule has 7 nitrogen and oxygen atoms in total. The van der Waals surface area contributed by atoms with E-state index in [0.29, 0.717) is 25.2 Å². The summed E-state index contributed by atoms with van der Waals surface area (Å²) in [5.41, 5.74) is 0.664. The van der Waals surface area contributed by atoms with E-state index >= 15 is 0 Å². The zero-order valence-electron chi connectivity index (χ0n) is 15.9. The van der Waals surface area contributed by atoms with Crippen molar-refractivity contribution in [3.63, 3.8) is 0 Å². The van der Waals surface area contributed by atoms with E-state index in [2.05, 4.69) is 0 Å². The number of carboxylic acid groups (broad SMARTS) is 1. The van der Waals surface area contributed by atoms with E-state index in [9.17, 15) is 18.0 Å². The Labute approximate surface area is 161 Å². The number of amides is 1. The Bertz CT molecular complexity index is 753. The van der Waals surface area contributed by atoms with Crippen molar-refractivity contribution in [3.05, 3.63) is 29.8 Å². The van der Waals surface area contributed by atoms with Crippen molar-refractivity contribution < 1.29 is 23.1 Å². The lowest BCUT2D eigenvalue weighted by Gasteiger charge is -2.26. The molecule has 0 saturated carbocycles. The van der Waals surface area contributed by atoms with E-state index < -0.39 is 16.0 Å². The summed E-state index contributed by atoms with van der Waals surface area (Å²) < 4.78 is 26.8. The van der Waals surface area contributed by atoms with Gasteiger partial charge >= 0.3 is 5.97 Å². The van der Waals surface area contributed by atoms with E-state index in [0.717, 1.165) is 19.3 Å². The van der Waals surface area contributed by atoms with Crippen molar-refractivity contribution in [1.29, 1.82) is 0 Å². The van der Waals surface area contributed by atoms with Crippen molar-refractivity contribution in [3.8, 4) is 0 Å². The Morgan fingerprint density at radius 2 is 1.70 bits per heavy atom. The zero-order valence-corrected chi connectivity index (χ0v) is 16.7. The van der Waals surface area contributed by atoms with E-state index in [1.54, 1.807) is 12.1 Å². The molecule has 1 N–H and O–H groups in total. The van der Waals surface area contributed by atoms with E-state index in [-0.39, 0.29) is 29.7 Å². The number of rotatable bonds is 8. The van der Waals surface area contributed by atoms with Crippen molar-refractivity contribution >= 4 is 21.9 Å². The minimum Gasteiger partial charge on any atom is -0.480 e. The lowest BCUT2D eigenvalue weighted by atomic mass is 10.1. The van der Waals surface area contributed by atoms with Crippen LogP contribution in [-0.4, -0.2) is 60.8 Å². The van der Waals surface area contributed by atoms with Crippen LogP contribution >= 0.6 is 0 Å². The first kappa shape index (κ1) is 21.4. The van der Waals surface area contributed by atoms with E-state index in [1.807, 2.05) is 13.8 Å². The first-order valence-electron chi connectivity index (χ1n) is 9.29. The predicted molar refractivity (Wildman–Crippen MR) is 102 cm³/mol. The maximum Gasteiger partial charge on any atom is 0.323 e. The summed E-state index contributed by atoms with van der Waals surface area (Å²) in [5.74, 6) is -1.17. The summed E-state index contributed by atoms with van der Waals surface area (Å²) in [4.78, 5) is 25.0. The minimum atomic E-state index is -3.50. The summed E-state index contributed by atoms with van der Waals surface area (Å²) in [6.45, 7) is 4.96. The third-order valence-corrected chi connectivity index (χ3v) is 6.41. The molecule has 27 heavy (non-hydrogen) atoms. The Morgan fingerprint density at radius 3 is 2.22 bits per heavy atom. The zero-order chi connectivity index (χ0) is 20.0. The van der Waals surface area contributed by atoms with Crippen molar-refractivity contribution in [2.24, 2.45) is 5.92 Å². The Hall–Kier alpha value is -1.93. The van der Waals surface area contributed by atoms with Crippen LogP contribution in [0.2, 0.25) is 0 Å². The van der Waals surface area contributed by atoms with Gasteiger partial charge in [0.25, 0.3) is 0 Å². The van der Waals surface area contributed by atoms with Gasteiger partial charge in [0.2, 0.25) is 15.9 Å². The van der Waals surface area contributed by atoms with Crippen molar-refractivity contribution in [2.75, 3.05) is 26.2 Å². The number of carboxylic acids is 1. The average Bonchev–Trinajstić information content (AvgIpc) is 2.61. The molecule has 2 rings (SSSR count). The van der Waals surface area contributed by atoms with Crippen LogP contribution in [0.4, 0.5) is 0 Å². The number of carbonyl (C=O) groups excluding carboxylic acids is 1. The highest BCUT2D eigenvalue weighted by Gasteiger charge is 2.26. The number of hydrogen-bond donors (Lipinski definition) is 1. The number of aliphatic carboxylic acids is 1. The fourth-order valence-electron chi connectivity index (χ4n) is 3.18. The van der Waals surface area contributed by atoms with Gasteiger partial charge in [0.1, 0.15) is 6.54 Å². The summed E-state index contributed by atoms with van der Waals surface area (Å²) in [6, 6.07) is 6.30. The van der Waals surface area contributed by atoms with E-state index in [1.165, 1.54) is 21.3 Å². The molecule has 1 aromatic rings. The normalized spacial score (nSPS) is 15.7. The monoisotopic (exact) mass is 396 g/mol. The third-order valence-electron chi connectivity index (χ3n) is 4.50. The SMILES string of the molecule is CC(C)CN(CC(=O)O)C(=O)Cc1ccc(S(=O)(=O)N2CCCCC2)cc1. The largest absolute Gasteiger partial charge is 0.480 e. The molecule has 1 heterocycles. The van der Waals surface area contributed by atoms with Gasteiger partial charge in [0.05, 0.1) is 11.3 Å². The molecular formula is C19H28N2O5S. The molecule has 0 unspecified atom stereocenters. The molecule has 0 aromatic heterocycles. The molecular weight excluding hydrogens is 368 g/mol. The van der Waals surface area contributed by atoms with Gasteiger partial charge in [-0.2, -0.15) is 4.31 Å². The van der Waals surface area contributed by atoms with Crippen LogP contribution < -0.4 is 0 Å². The fourth-order valence-corrected chi connectivity index (χ4v) is 4.70. The standard InChI is InChI=1S/C19H28N2O5S/c1-15(2)13-20(14-19(23)24)18(22)12-16-6-8-17(9-7-16)27(25,26)21-10-4-3-5-11-21/h6-9,15H,3-5,10-14H2,1-2H3,(H,23,24). The van der Waals surface area contributed by atoms with Crippen LogP contribution in [0.1, 0.15) is 38.7 Å². The second kappa shape index (κ2) is 9.32. The number of hydrogen-bond acceptors (Lipinski definition) is 4. The maximum atomic E-state index is 12.7. The predicted octanol–water partition coefficient (Wildman–Crippen LogP) is 1.97. The molecule has 1 aliphatic heterocycles. The highest BCUT2D eigenvalue weighted by atomic mass is 32.2. The van der Waals surface area contributed by atoms with Gasteiger partial charge in [-0.1, -0.05) is 32.4 Å². The van der Waals surface area contributed by atoms with Gasteiger partial charge in [0, 0.05) is 19.6 Å². The second-order valence-electron chi connectivity index (χ2n) is 7.35.